The molecule has 0 unspecified atom stereocenters. The molecule has 2 rings (SSSR count). The summed E-state index contributed by atoms with van der Waals surface area (Å²) < 4.78 is 31.7. The third-order valence-corrected chi connectivity index (χ3v) is 3.50. The molecule has 0 spiro atoms. The highest BCUT2D eigenvalue weighted by Gasteiger charge is 2.14. The third-order valence-electron chi connectivity index (χ3n) is 2.62. The lowest BCUT2D eigenvalue weighted by molar-refractivity contribution is 0.0467. The van der Waals surface area contributed by atoms with Gasteiger partial charge >= 0.3 is 5.97 Å². The number of halogens is 3. The van der Waals surface area contributed by atoms with Crippen LogP contribution in [0.2, 0.25) is 0 Å². The van der Waals surface area contributed by atoms with Gasteiger partial charge in [0.2, 0.25) is 0 Å². The maximum absolute atomic E-state index is 13.4. The smallest absolute Gasteiger partial charge is 0.339 e. The molecule has 0 aromatic heterocycles. The molecular weight excluding hydrogens is 332 g/mol. The first-order chi connectivity index (χ1) is 9.49. The summed E-state index contributed by atoms with van der Waals surface area (Å²) in [6, 6.07) is 7.69. The van der Waals surface area contributed by atoms with E-state index in [1.807, 2.05) is 0 Å². The van der Waals surface area contributed by atoms with Crippen LogP contribution in [-0.2, 0) is 11.3 Å². The van der Waals surface area contributed by atoms with Gasteiger partial charge in [-0.3, -0.25) is 0 Å². The van der Waals surface area contributed by atoms with Gasteiger partial charge in [-0.25, -0.2) is 13.6 Å². The van der Waals surface area contributed by atoms with Crippen LogP contribution in [0, 0.1) is 11.6 Å². The van der Waals surface area contributed by atoms with Crippen molar-refractivity contribution in [2.75, 3.05) is 5.73 Å². The Labute approximate surface area is 122 Å². The van der Waals surface area contributed by atoms with Crippen molar-refractivity contribution in [1.82, 2.24) is 0 Å². The summed E-state index contributed by atoms with van der Waals surface area (Å²) in [5.41, 5.74) is 6.23. The fraction of sp³-hybridized carbons (Fsp3) is 0.0714. The second kappa shape index (κ2) is 6.00. The zero-order valence-electron chi connectivity index (χ0n) is 10.2. The summed E-state index contributed by atoms with van der Waals surface area (Å²) in [7, 11) is 0. The lowest BCUT2D eigenvalue weighted by atomic mass is 10.2. The largest absolute Gasteiger partial charge is 0.457 e. The monoisotopic (exact) mass is 341 g/mol. The molecule has 0 radical (unpaired) electrons. The predicted octanol–water partition coefficient (Wildman–Crippen LogP) is 3.67. The molecule has 0 bridgehead atoms. The zero-order chi connectivity index (χ0) is 14.7. The van der Waals surface area contributed by atoms with Crippen LogP contribution in [0.1, 0.15) is 15.9 Å². The first kappa shape index (κ1) is 14.5. The molecule has 0 fully saturated rings. The average molecular weight is 342 g/mol. The lowest BCUT2D eigenvalue weighted by Gasteiger charge is -2.08. The summed E-state index contributed by atoms with van der Waals surface area (Å²) >= 11 is 3.17. The van der Waals surface area contributed by atoms with Crippen molar-refractivity contribution in [3.8, 4) is 0 Å². The van der Waals surface area contributed by atoms with E-state index in [0.717, 1.165) is 18.2 Å². The number of esters is 1. The highest BCUT2D eigenvalue weighted by molar-refractivity contribution is 9.10. The van der Waals surface area contributed by atoms with Crippen LogP contribution in [0.4, 0.5) is 14.5 Å². The van der Waals surface area contributed by atoms with E-state index < -0.39 is 17.6 Å². The van der Waals surface area contributed by atoms with E-state index in [1.165, 1.54) is 6.07 Å². The number of benzene rings is 2. The van der Waals surface area contributed by atoms with Gasteiger partial charge in [0.15, 0.2) is 0 Å². The molecule has 2 aromatic rings. The van der Waals surface area contributed by atoms with E-state index in [1.54, 1.807) is 12.1 Å². The number of hydrogen-bond donors (Lipinski definition) is 1. The second-order valence-electron chi connectivity index (χ2n) is 4.02. The zero-order valence-corrected chi connectivity index (χ0v) is 11.8. The maximum atomic E-state index is 13.4. The minimum atomic E-state index is -0.673. The number of hydrogen-bond acceptors (Lipinski definition) is 3. The van der Waals surface area contributed by atoms with E-state index in [4.69, 9.17) is 10.5 Å². The number of ether oxygens (including phenoxy) is 1. The molecule has 20 heavy (non-hydrogen) atoms. The summed E-state index contributed by atoms with van der Waals surface area (Å²) in [5, 5.41) is 0. The lowest BCUT2D eigenvalue weighted by Crippen LogP contribution is -2.08. The van der Waals surface area contributed by atoms with Crippen LogP contribution in [0.5, 0.6) is 0 Å². The summed E-state index contributed by atoms with van der Waals surface area (Å²) in [5.74, 6) is -1.90. The van der Waals surface area contributed by atoms with Crippen LogP contribution < -0.4 is 5.73 Å². The number of nitrogen functional groups attached to an aromatic ring is 1. The van der Waals surface area contributed by atoms with Gasteiger partial charge in [-0.05, 0) is 46.3 Å². The summed E-state index contributed by atoms with van der Waals surface area (Å²) in [6.07, 6.45) is 0. The predicted molar refractivity (Wildman–Crippen MR) is 74.0 cm³/mol. The van der Waals surface area contributed by atoms with Crippen LogP contribution in [-0.4, -0.2) is 5.97 Å². The quantitative estimate of drug-likeness (QED) is 0.684. The minimum Gasteiger partial charge on any atom is -0.457 e. The molecule has 6 heteroatoms. The summed E-state index contributed by atoms with van der Waals surface area (Å²) in [4.78, 5) is 11.9. The van der Waals surface area contributed by atoms with E-state index >= 15 is 0 Å². The fourth-order valence-electron chi connectivity index (χ4n) is 1.58. The number of carbonyl (C=O) groups excluding carboxylic acids is 1. The summed E-state index contributed by atoms with van der Waals surface area (Å²) in [6.45, 7) is -0.357. The Balaban J connectivity index is 2.13. The molecule has 0 saturated carbocycles. The first-order valence-electron chi connectivity index (χ1n) is 5.64. The fourth-order valence-corrected chi connectivity index (χ4v) is 2.01. The molecule has 0 aliphatic heterocycles. The van der Waals surface area contributed by atoms with Gasteiger partial charge in [-0.1, -0.05) is 6.07 Å². The Morgan fingerprint density at radius 1 is 1.25 bits per heavy atom. The number of rotatable bonds is 3. The molecule has 0 atom stereocenters. The molecule has 0 saturated heterocycles. The first-order valence-corrected chi connectivity index (χ1v) is 6.43. The molecule has 0 aliphatic rings. The van der Waals surface area contributed by atoms with Crippen molar-refractivity contribution < 1.29 is 18.3 Å². The van der Waals surface area contributed by atoms with E-state index in [-0.39, 0.29) is 17.7 Å². The maximum Gasteiger partial charge on any atom is 0.339 e. The highest BCUT2D eigenvalue weighted by atomic mass is 79.9. The number of anilines is 1. The molecule has 0 aliphatic carbocycles. The van der Waals surface area contributed by atoms with Crippen molar-refractivity contribution in [2.24, 2.45) is 0 Å². The van der Waals surface area contributed by atoms with Crippen molar-refractivity contribution in [1.29, 1.82) is 0 Å². The van der Waals surface area contributed by atoms with Crippen molar-refractivity contribution >= 4 is 27.6 Å². The Morgan fingerprint density at radius 3 is 2.75 bits per heavy atom. The number of carbonyl (C=O) groups is 1. The second-order valence-corrected chi connectivity index (χ2v) is 4.81. The van der Waals surface area contributed by atoms with Gasteiger partial charge in [0.25, 0.3) is 0 Å². The van der Waals surface area contributed by atoms with Gasteiger partial charge in [-0.2, -0.15) is 0 Å². The van der Waals surface area contributed by atoms with Crippen LogP contribution in [0.3, 0.4) is 0 Å². The van der Waals surface area contributed by atoms with Gasteiger partial charge in [-0.15, -0.1) is 0 Å². The van der Waals surface area contributed by atoms with Gasteiger partial charge in [0.1, 0.15) is 18.2 Å². The van der Waals surface area contributed by atoms with Crippen LogP contribution in [0.15, 0.2) is 40.9 Å². The van der Waals surface area contributed by atoms with Gasteiger partial charge < -0.3 is 10.5 Å². The normalized spacial score (nSPS) is 10.3. The van der Waals surface area contributed by atoms with Gasteiger partial charge in [0.05, 0.1) is 10.0 Å². The van der Waals surface area contributed by atoms with Crippen molar-refractivity contribution in [2.45, 2.75) is 6.61 Å². The van der Waals surface area contributed by atoms with Crippen LogP contribution in [0.25, 0.3) is 0 Å². The van der Waals surface area contributed by atoms with Gasteiger partial charge in [0, 0.05) is 11.3 Å². The van der Waals surface area contributed by atoms with E-state index in [2.05, 4.69) is 15.9 Å². The van der Waals surface area contributed by atoms with E-state index in [0.29, 0.717) is 10.2 Å². The Hall–Kier alpha value is -1.95. The molecule has 0 heterocycles. The van der Waals surface area contributed by atoms with Crippen molar-refractivity contribution in [3.05, 3.63) is 63.6 Å². The third kappa shape index (κ3) is 3.14. The van der Waals surface area contributed by atoms with E-state index in [9.17, 15) is 13.6 Å². The SMILES string of the molecule is Nc1cccc(C(=O)OCc2cc(F)ccc2F)c1Br. The Bertz CT molecular complexity index is 662. The van der Waals surface area contributed by atoms with Crippen molar-refractivity contribution in [3.63, 3.8) is 0 Å². The Morgan fingerprint density at radius 2 is 2.00 bits per heavy atom. The highest BCUT2D eigenvalue weighted by Crippen LogP contribution is 2.24. The molecular formula is C14H10BrF2NO2. The van der Waals surface area contributed by atoms with Crippen LogP contribution >= 0.6 is 15.9 Å². The Kier molecular flexibility index (Phi) is 4.34. The topological polar surface area (TPSA) is 52.3 Å². The molecule has 2 aromatic carbocycles. The molecule has 2 N–H and O–H groups in total. The number of nitrogens with two attached hydrogens (primary N) is 1. The molecule has 3 nitrogen and oxygen atoms in total. The molecule has 0 amide bonds. The average Bonchev–Trinajstić information content (AvgIpc) is 2.42. The minimum absolute atomic E-state index is 0.0293. The molecule has 104 valence electrons. The standard InChI is InChI=1S/C14H10BrF2NO2/c15-13-10(2-1-3-12(13)18)14(19)20-7-8-6-9(16)4-5-11(8)17/h1-6H,7,18H2.